The number of hydrogen-bond donors (Lipinski definition) is 1. The second-order valence-corrected chi connectivity index (χ2v) is 9.92. The van der Waals surface area contributed by atoms with Crippen LogP contribution in [0.15, 0.2) is 36.5 Å². The van der Waals surface area contributed by atoms with E-state index in [1.165, 1.54) is 6.07 Å². The van der Waals surface area contributed by atoms with Crippen LogP contribution < -0.4 is 10.2 Å². The molecular weight excluding hydrogens is 445 g/mol. The molecule has 0 bridgehead atoms. The molecule has 33 heavy (non-hydrogen) atoms. The minimum absolute atomic E-state index is 0.0327. The molecule has 174 valence electrons. The van der Waals surface area contributed by atoms with Crippen LogP contribution in [0, 0.1) is 5.82 Å². The molecule has 1 amide bonds. The van der Waals surface area contributed by atoms with Crippen molar-refractivity contribution in [3.05, 3.63) is 47.4 Å². The summed E-state index contributed by atoms with van der Waals surface area (Å²) in [6.45, 7) is 9.01. The summed E-state index contributed by atoms with van der Waals surface area (Å²) in [7, 11) is 0. The number of nitrogens with zero attached hydrogens (tertiary/aromatic N) is 4. The molecule has 1 aliphatic heterocycles. The zero-order chi connectivity index (χ0) is 23.8. The van der Waals surface area contributed by atoms with Gasteiger partial charge in [-0.3, -0.25) is 0 Å². The number of benzene rings is 1. The first-order valence-electron chi connectivity index (χ1n) is 10.9. The van der Waals surface area contributed by atoms with Crippen LogP contribution in [0.5, 0.6) is 0 Å². The van der Waals surface area contributed by atoms with Crippen molar-refractivity contribution < 1.29 is 13.9 Å². The van der Waals surface area contributed by atoms with E-state index in [9.17, 15) is 9.18 Å². The van der Waals surface area contributed by atoms with Gasteiger partial charge in [0.2, 0.25) is 0 Å². The number of pyridine rings is 1. The summed E-state index contributed by atoms with van der Waals surface area (Å²) < 4.78 is 19.2. The minimum Gasteiger partial charge on any atom is -0.444 e. The van der Waals surface area contributed by atoms with Crippen molar-refractivity contribution in [2.45, 2.75) is 51.7 Å². The highest BCUT2D eigenvalue weighted by atomic mass is 35.5. The van der Waals surface area contributed by atoms with Gasteiger partial charge in [-0.05, 0) is 58.7 Å². The Kier molecular flexibility index (Phi) is 6.14. The molecule has 0 aliphatic carbocycles. The van der Waals surface area contributed by atoms with E-state index in [4.69, 9.17) is 21.3 Å². The molecular formula is C24H27ClFN5O2. The second-order valence-electron chi connectivity index (χ2n) is 9.54. The standard InChI is InChI=1S/C24H27ClFN5O2/c1-23(2,3)33-22(32)30-24(4)10-12-31(13-11-24)19-14-27-21-18(28-19)9-8-17(29-21)15-6-5-7-16(26)20(15)25/h5-9,14H,10-13H2,1-4H3,(H,30,32). The zero-order valence-electron chi connectivity index (χ0n) is 19.2. The van der Waals surface area contributed by atoms with Crippen LogP contribution in [-0.4, -0.2) is 45.3 Å². The third-order valence-electron chi connectivity index (χ3n) is 5.61. The molecule has 1 aliphatic rings. The number of halogens is 2. The van der Waals surface area contributed by atoms with E-state index in [1.807, 2.05) is 33.8 Å². The van der Waals surface area contributed by atoms with Crippen molar-refractivity contribution in [2.24, 2.45) is 0 Å². The largest absolute Gasteiger partial charge is 0.444 e. The molecule has 0 atom stereocenters. The highest BCUT2D eigenvalue weighted by molar-refractivity contribution is 6.33. The molecule has 9 heteroatoms. The first-order chi connectivity index (χ1) is 15.5. The fourth-order valence-corrected chi connectivity index (χ4v) is 4.03. The summed E-state index contributed by atoms with van der Waals surface area (Å²) in [6, 6.07) is 8.20. The van der Waals surface area contributed by atoms with Crippen molar-refractivity contribution in [3.8, 4) is 11.3 Å². The molecule has 1 saturated heterocycles. The number of aromatic nitrogens is 3. The Bertz CT molecular complexity index is 1190. The van der Waals surface area contributed by atoms with Gasteiger partial charge >= 0.3 is 6.09 Å². The number of carbonyl (C=O) groups is 1. The summed E-state index contributed by atoms with van der Waals surface area (Å²) in [5.74, 6) is 0.260. The molecule has 0 radical (unpaired) electrons. The van der Waals surface area contributed by atoms with Crippen molar-refractivity contribution in [3.63, 3.8) is 0 Å². The monoisotopic (exact) mass is 471 g/mol. The lowest BCUT2D eigenvalue weighted by Crippen LogP contribution is -2.54. The highest BCUT2D eigenvalue weighted by Crippen LogP contribution is 2.30. The number of alkyl carbamates (subject to hydrolysis) is 1. The molecule has 1 fully saturated rings. The van der Waals surface area contributed by atoms with E-state index >= 15 is 0 Å². The van der Waals surface area contributed by atoms with Gasteiger partial charge in [0.1, 0.15) is 22.8 Å². The SMILES string of the molecule is CC1(NC(=O)OC(C)(C)C)CCN(c2cnc3nc(-c4cccc(F)c4Cl)ccc3n2)CC1. The van der Waals surface area contributed by atoms with Gasteiger partial charge in [-0.2, -0.15) is 0 Å². The van der Waals surface area contributed by atoms with E-state index in [1.54, 1.807) is 24.4 Å². The normalized spacial score (nSPS) is 16.0. The fraction of sp³-hybridized carbons (Fsp3) is 0.417. The number of nitrogens with one attached hydrogen (secondary N) is 1. The number of ether oxygens (including phenoxy) is 1. The van der Waals surface area contributed by atoms with Crippen LogP contribution in [0.2, 0.25) is 5.02 Å². The number of carbonyl (C=O) groups excluding carboxylic acids is 1. The number of hydrogen-bond acceptors (Lipinski definition) is 6. The maximum Gasteiger partial charge on any atom is 0.408 e. The smallest absolute Gasteiger partial charge is 0.408 e. The predicted octanol–water partition coefficient (Wildman–Crippen LogP) is 5.37. The van der Waals surface area contributed by atoms with Crippen LogP contribution in [0.25, 0.3) is 22.4 Å². The van der Waals surface area contributed by atoms with Gasteiger partial charge < -0.3 is 15.0 Å². The molecule has 0 unspecified atom stereocenters. The van der Waals surface area contributed by atoms with Crippen molar-refractivity contribution >= 4 is 34.7 Å². The van der Waals surface area contributed by atoms with Crippen LogP contribution >= 0.6 is 11.6 Å². The Morgan fingerprint density at radius 3 is 2.61 bits per heavy atom. The average molecular weight is 472 g/mol. The number of amides is 1. The van der Waals surface area contributed by atoms with Crippen LogP contribution in [0.3, 0.4) is 0 Å². The van der Waals surface area contributed by atoms with Crippen molar-refractivity contribution in [2.75, 3.05) is 18.0 Å². The first-order valence-corrected chi connectivity index (χ1v) is 11.3. The molecule has 0 spiro atoms. The van der Waals surface area contributed by atoms with Crippen molar-refractivity contribution in [1.29, 1.82) is 0 Å². The van der Waals surface area contributed by atoms with Crippen LogP contribution in [0.1, 0.15) is 40.5 Å². The average Bonchev–Trinajstić information content (AvgIpc) is 2.74. The summed E-state index contributed by atoms with van der Waals surface area (Å²) >= 11 is 6.10. The summed E-state index contributed by atoms with van der Waals surface area (Å²) in [6.07, 6.45) is 2.79. The molecule has 1 N–H and O–H groups in total. The fourth-order valence-electron chi connectivity index (χ4n) is 3.80. The van der Waals surface area contributed by atoms with Gasteiger partial charge in [0.25, 0.3) is 0 Å². The molecule has 2 aromatic heterocycles. The Balaban J connectivity index is 1.46. The van der Waals surface area contributed by atoms with E-state index in [-0.39, 0.29) is 10.6 Å². The quantitative estimate of drug-likeness (QED) is 0.553. The molecule has 3 aromatic rings. The molecule has 1 aromatic carbocycles. The Morgan fingerprint density at radius 2 is 1.91 bits per heavy atom. The number of anilines is 1. The Labute approximate surface area is 197 Å². The maximum atomic E-state index is 13.8. The lowest BCUT2D eigenvalue weighted by atomic mass is 9.90. The highest BCUT2D eigenvalue weighted by Gasteiger charge is 2.33. The van der Waals surface area contributed by atoms with Crippen LogP contribution in [-0.2, 0) is 4.74 Å². The summed E-state index contributed by atoms with van der Waals surface area (Å²) in [4.78, 5) is 28.0. The Morgan fingerprint density at radius 1 is 1.18 bits per heavy atom. The number of fused-ring (bicyclic) bond motifs is 1. The maximum absolute atomic E-state index is 13.8. The van der Waals surface area contributed by atoms with E-state index in [0.717, 1.165) is 31.7 Å². The minimum atomic E-state index is -0.532. The van der Waals surface area contributed by atoms with Gasteiger partial charge in [0.05, 0.1) is 16.9 Å². The van der Waals surface area contributed by atoms with E-state index in [0.29, 0.717) is 22.4 Å². The lowest BCUT2D eigenvalue weighted by Gasteiger charge is -2.40. The molecule has 7 nitrogen and oxygen atoms in total. The molecule has 3 heterocycles. The van der Waals surface area contributed by atoms with Gasteiger partial charge in [-0.25, -0.2) is 24.1 Å². The van der Waals surface area contributed by atoms with E-state index in [2.05, 4.69) is 20.2 Å². The van der Waals surface area contributed by atoms with Crippen LogP contribution in [0.4, 0.5) is 15.0 Å². The zero-order valence-corrected chi connectivity index (χ0v) is 19.9. The van der Waals surface area contributed by atoms with Crippen molar-refractivity contribution in [1.82, 2.24) is 20.3 Å². The summed E-state index contributed by atoms with van der Waals surface area (Å²) in [5, 5.41) is 3.05. The predicted molar refractivity (Wildman–Crippen MR) is 127 cm³/mol. The topological polar surface area (TPSA) is 80.2 Å². The molecule has 0 saturated carbocycles. The Hall–Kier alpha value is -3.00. The summed E-state index contributed by atoms with van der Waals surface area (Å²) in [5.41, 5.74) is 1.28. The van der Waals surface area contributed by atoms with E-state index < -0.39 is 17.5 Å². The van der Waals surface area contributed by atoms with Gasteiger partial charge in [0, 0.05) is 24.2 Å². The second kappa shape index (κ2) is 8.74. The lowest BCUT2D eigenvalue weighted by molar-refractivity contribution is 0.0448. The first kappa shape index (κ1) is 23.2. The number of piperidine rings is 1. The third-order valence-corrected chi connectivity index (χ3v) is 6.00. The molecule has 4 rings (SSSR count). The van der Waals surface area contributed by atoms with Gasteiger partial charge in [-0.15, -0.1) is 0 Å². The number of rotatable bonds is 3. The van der Waals surface area contributed by atoms with Gasteiger partial charge in [-0.1, -0.05) is 23.7 Å². The van der Waals surface area contributed by atoms with Gasteiger partial charge in [0.15, 0.2) is 5.65 Å². The third kappa shape index (κ3) is 5.33.